The molecule has 4 rings (SSSR count). The number of aromatic nitrogens is 1. The van der Waals surface area contributed by atoms with E-state index in [9.17, 15) is 9.59 Å². The largest absolute Gasteiger partial charge is 0.497 e. The highest BCUT2D eigenvalue weighted by atomic mass is 32.1. The summed E-state index contributed by atoms with van der Waals surface area (Å²) in [6.45, 7) is 4.80. The van der Waals surface area contributed by atoms with Gasteiger partial charge in [0.15, 0.2) is 0 Å². The molecule has 1 aromatic heterocycles. The monoisotopic (exact) mass is 479 g/mol. The molecule has 0 saturated carbocycles. The fourth-order valence-corrected chi connectivity index (χ4v) is 5.01. The number of hydrogen-bond acceptors (Lipinski definition) is 6. The summed E-state index contributed by atoms with van der Waals surface area (Å²) in [6, 6.07) is 15.7. The smallest absolute Gasteiger partial charge is 0.271 e. The van der Waals surface area contributed by atoms with Gasteiger partial charge in [0, 0.05) is 24.9 Å². The Bertz CT molecular complexity index is 1140. The Morgan fingerprint density at radius 1 is 1.21 bits per heavy atom. The Morgan fingerprint density at radius 2 is 2.00 bits per heavy atom. The first-order chi connectivity index (χ1) is 16.5. The molecule has 0 spiro atoms. The molecule has 2 amide bonds. The molecule has 34 heavy (non-hydrogen) atoms. The highest BCUT2D eigenvalue weighted by molar-refractivity contribution is 7.13. The number of methoxy groups -OCH3 is 1. The van der Waals surface area contributed by atoms with Gasteiger partial charge < -0.3 is 14.8 Å². The summed E-state index contributed by atoms with van der Waals surface area (Å²) in [6.07, 6.45) is 1.89. The van der Waals surface area contributed by atoms with Crippen molar-refractivity contribution in [1.29, 1.82) is 0 Å². The molecule has 1 aliphatic heterocycles. The van der Waals surface area contributed by atoms with Crippen LogP contribution in [-0.4, -0.2) is 43.2 Å². The third-order valence-corrected chi connectivity index (χ3v) is 6.86. The average molecular weight is 480 g/mol. The number of nitrogens with zero attached hydrogens (tertiary/aromatic N) is 2. The van der Waals surface area contributed by atoms with Crippen LogP contribution in [0.5, 0.6) is 5.75 Å². The molecular weight excluding hydrogens is 450 g/mol. The quantitative estimate of drug-likeness (QED) is 0.516. The number of anilines is 1. The Morgan fingerprint density at radius 3 is 2.65 bits per heavy atom. The van der Waals surface area contributed by atoms with Crippen molar-refractivity contribution in [3.05, 3.63) is 75.7 Å². The zero-order chi connectivity index (χ0) is 24.1. The van der Waals surface area contributed by atoms with E-state index in [0.717, 1.165) is 17.8 Å². The van der Waals surface area contributed by atoms with Crippen molar-refractivity contribution in [2.45, 2.75) is 38.8 Å². The van der Waals surface area contributed by atoms with Crippen LogP contribution < -0.4 is 15.0 Å². The lowest BCUT2D eigenvalue weighted by atomic mass is 10.0. The van der Waals surface area contributed by atoms with Crippen molar-refractivity contribution in [1.82, 2.24) is 10.3 Å². The molecular formula is C26H29N3O4S. The van der Waals surface area contributed by atoms with Crippen molar-refractivity contribution in [2.75, 3.05) is 25.2 Å². The first-order valence-electron chi connectivity index (χ1n) is 11.3. The SMILES string of the molecule is COc1cccc(N(C(=O)c2sc(C)nc2C)[C@@H](C(=O)NC[C@H]2CCCO2)c2ccccc2)c1. The third kappa shape index (κ3) is 5.29. The van der Waals surface area contributed by atoms with E-state index in [1.807, 2.05) is 62.4 Å². The number of aryl methyl sites for hydroxylation is 2. The molecule has 0 unspecified atom stereocenters. The first kappa shape index (κ1) is 23.9. The number of hydrogen-bond donors (Lipinski definition) is 1. The molecule has 2 heterocycles. The van der Waals surface area contributed by atoms with E-state index in [1.54, 1.807) is 18.1 Å². The molecule has 1 saturated heterocycles. The number of thiazole rings is 1. The van der Waals surface area contributed by atoms with Crippen molar-refractivity contribution in [3.63, 3.8) is 0 Å². The number of amides is 2. The normalized spacial score (nSPS) is 16.1. The molecule has 1 N–H and O–H groups in total. The van der Waals surface area contributed by atoms with Gasteiger partial charge in [-0.15, -0.1) is 11.3 Å². The summed E-state index contributed by atoms with van der Waals surface area (Å²) in [5.74, 6) is 0.0494. The predicted molar refractivity (Wildman–Crippen MR) is 133 cm³/mol. The second-order valence-corrected chi connectivity index (χ2v) is 9.42. The summed E-state index contributed by atoms with van der Waals surface area (Å²) >= 11 is 1.33. The van der Waals surface area contributed by atoms with Crippen molar-refractivity contribution < 1.29 is 19.1 Å². The molecule has 0 bridgehead atoms. The number of benzene rings is 2. The van der Waals surface area contributed by atoms with Gasteiger partial charge in [0.2, 0.25) is 5.91 Å². The highest BCUT2D eigenvalue weighted by Gasteiger charge is 2.35. The van der Waals surface area contributed by atoms with Gasteiger partial charge in [0.1, 0.15) is 16.7 Å². The minimum absolute atomic E-state index is 0.00673. The van der Waals surface area contributed by atoms with Crippen LogP contribution in [-0.2, 0) is 9.53 Å². The number of carbonyl (C=O) groups is 2. The van der Waals surface area contributed by atoms with Gasteiger partial charge >= 0.3 is 0 Å². The fourth-order valence-electron chi connectivity index (χ4n) is 4.15. The van der Waals surface area contributed by atoms with Gasteiger partial charge in [-0.25, -0.2) is 4.98 Å². The number of nitrogens with one attached hydrogen (secondary N) is 1. The summed E-state index contributed by atoms with van der Waals surface area (Å²) < 4.78 is 11.1. The van der Waals surface area contributed by atoms with Crippen LogP contribution >= 0.6 is 11.3 Å². The Labute approximate surface area is 203 Å². The van der Waals surface area contributed by atoms with Crippen LogP contribution in [0.15, 0.2) is 54.6 Å². The maximum Gasteiger partial charge on any atom is 0.271 e. The molecule has 2 atom stereocenters. The lowest BCUT2D eigenvalue weighted by molar-refractivity contribution is -0.123. The minimum atomic E-state index is -0.885. The summed E-state index contributed by atoms with van der Waals surface area (Å²) in [4.78, 5) is 34.2. The third-order valence-electron chi connectivity index (χ3n) is 5.80. The lowest BCUT2D eigenvalue weighted by Crippen LogP contribution is -2.45. The van der Waals surface area contributed by atoms with Crippen LogP contribution in [0.25, 0.3) is 0 Å². The van der Waals surface area contributed by atoms with Crippen LogP contribution in [0.2, 0.25) is 0 Å². The molecule has 8 heteroatoms. The number of carbonyl (C=O) groups excluding carboxylic acids is 2. The second-order valence-electron chi connectivity index (χ2n) is 8.22. The molecule has 3 aromatic rings. The predicted octanol–water partition coefficient (Wildman–Crippen LogP) is 4.45. The maximum atomic E-state index is 14.0. The molecule has 178 valence electrons. The topological polar surface area (TPSA) is 80.8 Å². The van der Waals surface area contributed by atoms with Crippen molar-refractivity contribution in [2.24, 2.45) is 0 Å². The van der Waals surface area contributed by atoms with E-state index in [2.05, 4.69) is 10.3 Å². The summed E-state index contributed by atoms with van der Waals surface area (Å²) in [5, 5.41) is 3.82. The second kappa shape index (κ2) is 10.8. The summed E-state index contributed by atoms with van der Waals surface area (Å²) in [7, 11) is 1.57. The minimum Gasteiger partial charge on any atom is -0.497 e. The first-order valence-corrected chi connectivity index (χ1v) is 12.2. The molecule has 7 nitrogen and oxygen atoms in total. The van der Waals surface area contributed by atoms with E-state index in [4.69, 9.17) is 9.47 Å². The van der Waals surface area contributed by atoms with Gasteiger partial charge in [-0.1, -0.05) is 36.4 Å². The lowest BCUT2D eigenvalue weighted by Gasteiger charge is -2.31. The van der Waals surface area contributed by atoms with E-state index in [0.29, 0.717) is 40.7 Å². The van der Waals surface area contributed by atoms with E-state index in [-0.39, 0.29) is 17.9 Å². The van der Waals surface area contributed by atoms with Gasteiger partial charge in [-0.3, -0.25) is 14.5 Å². The van der Waals surface area contributed by atoms with Crippen LogP contribution in [0.4, 0.5) is 5.69 Å². The fraction of sp³-hybridized carbons (Fsp3) is 0.346. The Balaban J connectivity index is 1.78. The van der Waals surface area contributed by atoms with Crippen molar-refractivity contribution in [3.8, 4) is 5.75 Å². The number of ether oxygens (including phenoxy) is 2. The molecule has 1 fully saturated rings. The van der Waals surface area contributed by atoms with E-state index < -0.39 is 6.04 Å². The molecule has 0 aliphatic carbocycles. The van der Waals surface area contributed by atoms with Crippen molar-refractivity contribution >= 4 is 28.8 Å². The zero-order valence-corrected chi connectivity index (χ0v) is 20.4. The van der Waals surface area contributed by atoms with Gasteiger partial charge in [-0.05, 0) is 44.4 Å². The van der Waals surface area contributed by atoms with Gasteiger partial charge in [0.25, 0.3) is 5.91 Å². The molecule has 2 aromatic carbocycles. The Kier molecular flexibility index (Phi) is 7.59. The van der Waals surface area contributed by atoms with Crippen LogP contribution in [0.3, 0.4) is 0 Å². The standard InChI is InChI=1S/C26H29N3O4S/c1-17-24(34-18(2)28-17)26(31)29(20-11-7-12-21(15-20)32-3)23(19-9-5-4-6-10-19)25(30)27-16-22-13-8-14-33-22/h4-7,9-12,15,22-23H,8,13-14,16H2,1-3H3,(H,27,30)/t22-,23-/m1/s1. The van der Waals surface area contributed by atoms with Gasteiger partial charge in [0.05, 0.1) is 23.9 Å². The van der Waals surface area contributed by atoms with E-state index >= 15 is 0 Å². The molecule has 0 radical (unpaired) electrons. The maximum absolute atomic E-state index is 14.0. The molecule has 1 aliphatic rings. The number of rotatable bonds is 8. The van der Waals surface area contributed by atoms with Crippen LogP contribution in [0.1, 0.15) is 44.8 Å². The Hall–Kier alpha value is -3.23. The van der Waals surface area contributed by atoms with Crippen LogP contribution in [0, 0.1) is 13.8 Å². The highest BCUT2D eigenvalue weighted by Crippen LogP contribution is 2.33. The average Bonchev–Trinajstić information content (AvgIpc) is 3.50. The van der Waals surface area contributed by atoms with Gasteiger partial charge in [-0.2, -0.15) is 0 Å². The van der Waals surface area contributed by atoms with E-state index in [1.165, 1.54) is 11.3 Å². The zero-order valence-electron chi connectivity index (χ0n) is 19.6. The summed E-state index contributed by atoms with van der Waals surface area (Å²) in [5.41, 5.74) is 1.92.